The van der Waals surface area contributed by atoms with Gasteiger partial charge < -0.3 is 9.64 Å². The molecule has 0 spiro atoms. The summed E-state index contributed by atoms with van der Waals surface area (Å²) in [5.41, 5.74) is 1.63. The highest BCUT2D eigenvalue weighted by Gasteiger charge is 2.23. The number of ether oxygens (including phenoxy) is 1. The number of thiophene rings is 1. The molecule has 1 aromatic heterocycles. The molecule has 0 bridgehead atoms. The Balaban J connectivity index is 1.75. The first-order valence-corrected chi connectivity index (χ1v) is 10.1. The summed E-state index contributed by atoms with van der Waals surface area (Å²) in [6, 6.07) is 9.68. The van der Waals surface area contributed by atoms with Gasteiger partial charge in [0, 0.05) is 17.0 Å². The van der Waals surface area contributed by atoms with E-state index >= 15 is 0 Å². The van der Waals surface area contributed by atoms with Crippen LogP contribution in [0, 0.1) is 0 Å². The van der Waals surface area contributed by atoms with Crippen molar-refractivity contribution in [2.75, 3.05) is 11.4 Å². The molecule has 1 aliphatic heterocycles. The highest BCUT2D eigenvalue weighted by atomic mass is 32.1. The minimum Gasteiger partial charge on any atom is -0.488 e. The van der Waals surface area contributed by atoms with E-state index in [9.17, 15) is 4.79 Å². The predicted molar refractivity (Wildman–Crippen MR) is 105 cm³/mol. The number of nitrogens with zero attached hydrogens (tertiary/aromatic N) is 1. The maximum absolute atomic E-state index is 13.0. The van der Waals surface area contributed by atoms with Crippen LogP contribution < -0.4 is 9.64 Å². The van der Waals surface area contributed by atoms with Crippen LogP contribution in [0.5, 0.6) is 5.75 Å². The Morgan fingerprint density at radius 3 is 2.68 bits per heavy atom. The summed E-state index contributed by atoms with van der Waals surface area (Å²) in [5.74, 6) is 0.906. The molecule has 0 saturated heterocycles. The Morgan fingerprint density at radius 1 is 1.20 bits per heavy atom. The van der Waals surface area contributed by atoms with Gasteiger partial charge in [0.15, 0.2) is 0 Å². The van der Waals surface area contributed by atoms with Gasteiger partial charge in [-0.1, -0.05) is 13.3 Å². The number of hydrogen-bond acceptors (Lipinski definition) is 3. The minimum atomic E-state index is -0.184. The van der Waals surface area contributed by atoms with Gasteiger partial charge in [-0.25, -0.2) is 0 Å². The third-order valence-electron chi connectivity index (χ3n) is 4.64. The number of rotatable bonds is 5. The molecular formula is C21H27NO2S. The van der Waals surface area contributed by atoms with Gasteiger partial charge in [-0.15, -0.1) is 11.3 Å². The van der Waals surface area contributed by atoms with Gasteiger partial charge in [-0.05, 0) is 75.2 Å². The van der Waals surface area contributed by atoms with E-state index in [1.807, 2.05) is 29.2 Å². The highest BCUT2D eigenvalue weighted by Crippen LogP contribution is 2.32. The number of aryl methyl sites for hydroxylation is 1. The molecule has 0 unspecified atom stereocenters. The third kappa shape index (κ3) is 4.24. The van der Waals surface area contributed by atoms with Crippen molar-refractivity contribution in [3.05, 3.63) is 46.2 Å². The lowest BCUT2D eigenvalue weighted by molar-refractivity contribution is 0.0979. The van der Waals surface area contributed by atoms with Crippen LogP contribution in [0.3, 0.4) is 0 Å². The summed E-state index contributed by atoms with van der Waals surface area (Å²) in [6.45, 7) is 7.16. The smallest absolute Gasteiger partial charge is 0.258 e. The molecule has 2 heterocycles. The number of benzene rings is 1. The second kappa shape index (κ2) is 7.61. The second-order valence-electron chi connectivity index (χ2n) is 7.28. The topological polar surface area (TPSA) is 29.5 Å². The number of carbonyl (C=O) groups is 1. The molecule has 3 rings (SSSR count). The van der Waals surface area contributed by atoms with E-state index < -0.39 is 0 Å². The number of amides is 1. The van der Waals surface area contributed by atoms with Gasteiger partial charge in [-0.3, -0.25) is 4.79 Å². The zero-order valence-electron chi connectivity index (χ0n) is 15.4. The average Bonchev–Trinajstić information content (AvgIpc) is 2.94. The standard InChI is InChI=1S/C21H27NO2S/c1-4-13-21(2,3)24-17-10-8-16(9-11-17)20(23)22-14-6-5-7-19-18(22)12-15-25-19/h8-12,15H,4-7,13-14H2,1-3H3. The van der Waals surface area contributed by atoms with Crippen molar-refractivity contribution in [3.8, 4) is 5.75 Å². The predicted octanol–water partition coefficient (Wildman–Crippen LogP) is 5.69. The minimum absolute atomic E-state index is 0.0842. The largest absolute Gasteiger partial charge is 0.488 e. The van der Waals surface area contributed by atoms with E-state index in [1.165, 1.54) is 4.88 Å². The maximum atomic E-state index is 13.0. The molecule has 0 radical (unpaired) electrons. The Morgan fingerprint density at radius 2 is 1.96 bits per heavy atom. The van der Waals surface area contributed by atoms with Crippen LogP contribution in [0.1, 0.15) is 61.7 Å². The first-order chi connectivity index (χ1) is 12.0. The molecule has 25 heavy (non-hydrogen) atoms. The zero-order chi connectivity index (χ0) is 17.9. The lowest BCUT2D eigenvalue weighted by atomic mass is 10.0. The first kappa shape index (κ1) is 18.0. The molecule has 0 aliphatic carbocycles. The van der Waals surface area contributed by atoms with Crippen LogP contribution in [0.25, 0.3) is 0 Å². The third-order valence-corrected chi connectivity index (χ3v) is 5.61. The van der Waals surface area contributed by atoms with Crippen molar-refractivity contribution in [2.45, 2.75) is 58.5 Å². The molecule has 1 aliphatic rings. The molecular weight excluding hydrogens is 330 g/mol. The summed E-state index contributed by atoms with van der Waals surface area (Å²) in [6.07, 6.45) is 5.37. The van der Waals surface area contributed by atoms with E-state index in [4.69, 9.17) is 4.74 Å². The lowest BCUT2D eigenvalue weighted by Gasteiger charge is -2.26. The Hall–Kier alpha value is -1.81. The fraction of sp³-hybridized carbons (Fsp3) is 0.476. The van der Waals surface area contributed by atoms with Gasteiger partial charge >= 0.3 is 0 Å². The van der Waals surface area contributed by atoms with Crippen molar-refractivity contribution < 1.29 is 9.53 Å². The first-order valence-electron chi connectivity index (χ1n) is 9.17. The van der Waals surface area contributed by atoms with Crippen molar-refractivity contribution in [1.29, 1.82) is 0 Å². The van der Waals surface area contributed by atoms with Gasteiger partial charge in [0.2, 0.25) is 0 Å². The summed E-state index contributed by atoms with van der Waals surface area (Å²) in [7, 11) is 0. The van der Waals surface area contributed by atoms with Crippen LogP contribution in [-0.2, 0) is 6.42 Å². The Bertz CT molecular complexity index is 718. The normalized spacial score (nSPS) is 14.8. The molecule has 1 amide bonds. The molecule has 1 aromatic carbocycles. The molecule has 4 heteroatoms. The fourth-order valence-electron chi connectivity index (χ4n) is 3.44. The van der Waals surface area contributed by atoms with E-state index in [0.29, 0.717) is 0 Å². The molecule has 134 valence electrons. The van der Waals surface area contributed by atoms with Crippen LogP contribution in [0.15, 0.2) is 35.7 Å². The van der Waals surface area contributed by atoms with Crippen molar-refractivity contribution in [3.63, 3.8) is 0 Å². The maximum Gasteiger partial charge on any atom is 0.258 e. The molecule has 0 atom stereocenters. The van der Waals surface area contributed by atoms with E-state index in [-0.39, 0.29) is 11.5 Å². The molecule has 0 saturated carbocycles. The number of carbonyl (C=O) groups excluding carboxylic acids is 1. The van der Waals surface area contributed by atoms with Crippen LogP contribution in [0.4, 0.5) is 5.69 Å². The molecule has 0 fully saturated rings. The van der Waals surface area contributed by atoms with Gasteiger partial charge in [0.05, 0.1) is 5.69 Å². The number of anilines is 1. The van der Waals surface area contributed by atoms with Gasteiger partial charge in [0.25, 0.3) is 5.91 Å². The number of hydrogen-bond donors (Lipinski definition) is 0. The van der Waals surface area contributed by atoms with Crippen LogP contribution in [-0.4, -0.2) is 18.1 Å². The molecule has 0 N–H and O–H groups in total. The molecule has 2 aromatic rings. The lowest BCUT2D eigenvalue weighted by Crippen LogP contribution is -2.31. The van der Waals surface area contributed by atoms with E-state index in [2.05, 4.69) is 32.2 Å². The fourth-order valence-corrected chi connectivity index (χ4v) is 4.36. The summed E-state index contributed by atoms with van der Waals surface area (Å²) in [4.78, 5) is 16.3. The van der Waals surface area contributed by atoms with Crippen LogP contribution >= 0.6 is 11.3 Å². The van der Waals surface area contributed by atoms with Crippen molar-refractivity contribution in [2.24, 2.45) is 0 Å². The number of fused-ring (bicyclic) bond motifs is 1. The SMILES string of the molecule is CCCC(C)(C)Oc1ccc(C(=O)N2CCCCc3sccc32)cc1. The Labute approximate surface area is 154 Å². The summed E-state index contributed by atoms with van der Waals surface area (Å²) in [5, 5.41) is 2.09. The van der Waals surface area contributed by atoms with Crippen LogP contribution in [0.2, 0.25) is 0 Å². The summed E-state index contributed by atoms with van der Waals surface area (Å²) < 4.78 is 6.06. The van der Waals surface area contributed by atoms with E-state index in [0.717, 1.165) is 55.6 Å². The van der Waals surface area contributed by atoms with Crippen molar-refractivity contribution in [1.82, 2.24) is 0 Å². The van der Waals surface area contributed by atoms with Gasteiger partial charge in [-0.2, -0.15) is 0 Å². The Kier molecular flexibility index (Phi) is 5.48. The quantitative estimate of drug-likeness (QED) is 0.688. The zero-order valence-corrected chi connectivity index (χ0v) is 16.2. The molecule has 3 nitrogen and oxygen atoms in total. The average molecular weight is 358 g/mol. The van der Waals surface area contributed by atoms with Crippen molar-refractivity contribution >= 4 is 22.9 Å². The summed E-state index contributed by atoms with van der Waals surface area (Å²) >= 11 is 1.75. The van der Waals surface area contributed by atoms with E-state index in [1.54, 1.807) is 11.3 Å². The monoisotopic (exact) mass is 357 g/mol. The van der Waals surface area contributed by atoms with Gasteiger partial charge in [0.1, 0.15) is 11.4 Å². The second-order valence-corrected chi connectivity index (χ2v) is 8.28. The highest BCUT2D eigenvalue weighted by molar-refractivity contribution is 7.10.